The standard InChI is InChI=1S/C19H25N3OS/c23-19(22-13-12-21-11-4-3-6-15(21)14-22)10-5-9-18-20-16-7-1-2-8-17(16)24-18/h1-2,7-8,15H,3-6,9-14H2/t15-/m1/s1. The molecule has 4 rings (SSSR count). The number of hydrogen-bond donors (Lipinski definition) is 0. The quantitative estimate of drug-likeness (QED) is 0.854. The summed E-state index contributed by atoms with van der Waals surface area (Å²) >= 11 is 1.76. The average Bonchev–Trinajstić information content (AvgIpc) is 3.04. The third kappa shape index (κ3) is 3.47. The number of aryl methyl sites for hydroxylation is 1. The molecule has 0 N–H and O–H groups in total. The van der Waals surface area contributed by atoms with Gasteiger partial charge < -0.3 is 4.90 Å². The fraction of sp³-hybridized carbons (Fsp3) is 0.579. The second kappa shape index (κ2) is 7.19. The molecule has 2 aliphatic heterocycles. The number of benzene rings is 1. The summed E-state index contributed by atoms with van der Waals surface area (Å²) in [5.41, 5.74) is 1.08. The number of piperazine rings is 1. The van der Waals surface area contributed by atoms with Gasteiger partial charge in [0.05, 0.1) is 15.2 Å². The van der Waals surface area contributed by atoms with E-state index in [0.717, 1.165) is 43.0 Å². The van der Waals surface area contributed by atoms with Crippen molar-refractivity contribution in [3.8, 4) is 0 Å². The first-order chi connectivity index (χ1) is 11.8. The zero-order valence-corrected chi connectivity index (χ0v) is 14.9. The second-order valence-corrected chi connectivity index (χ2v) is 8.07. The van der Waals surface area contributed by atoms with Crippen LogP contribution in [0.4, 0.5) is 0 Å². The Morgan fingerprint density at radius 1 is 1.21 bits per heavy atom. The molecule has 0 bridgehead atoms. The Kier molecular flexibility index (Phi) is 4.81. The SMILES string of the molecule is O=C(CCCc1nc2ccccc2s1)N1CCN2CCCC[C@@H]2C1. The smallest absolute Gasteiger partial charge is 0.222 e. The van der Waals surface area contributed by atoms with Gasteiger partial charge in [-0.05, 0) is 44.4 Å². The summed E-state index contributed by atoms with van der Waals surface area (Å²) in [6.45, 7) is 4.15. The first kappa shape index (κ1) is 16.0. The van der Waals surface area contributed by atoms with Gasteiger partial charge in [0.2, 0.25) is 5.91 Å². The van der Waals surface area contributed by atoms with Crippen LogP contribution in [0.5, 0.6) is 0 Å². The maximum Gasteiger partial charge on any atom is 0.222 e. The number of piperidine rings is 1. The van der Waals surface area contributed by atoms with Crippen molar-refractivity contribution in [3.05, 3.63) is 29.3 Å². The van der Waals surface area contributed by atoms with Gasteiger partial charge in [-0.2, -0.15) is 0 Å². The van der Waals surface area contributed by atoms with Gasteiger partial charge in [-0.1, -0.05) is 18.6 Å². The van der Waals surface area contributed by atoms with E-state index in [9.17, 15) is 4.79 Å². The minimum absolute atomic E-state index is 0.335. The maximum absolute atomic E-state index is 12.5. The fourth-order valence-corrected chi connectivity index (χ4v) is 4.97. The Labute approximate surface area is 147 Å². The van der Waals surface area contributed by atoms with Crippen LogP contribution < -0.4 is 0 Å². The van der Waals surface area contributed by atoms with E-state index in [-0.39, 0.29) is 0 Å². The summed E-state index contributed by atoms with van der Waals surface area (Å²) in [6, 6.07) is 8.87. The van der Waals surface area contributed by atoms with Crippen molar-refractivity contribution in [3.63, 3.8) is 0 Å². The molecule has 0 saturated carbocycles. The molecule has 0 spiro atoms. The van der Waals surface area contributed by atoms with Crippen LogP contribution in [0, 0.1) is 0 Å². The highest BCUT2D eigenvalue weighted by Gasteiger charge is 2.30. The molecule has 1 aromatic heterocycles. The normalized spacial score (nSPS) is 21.8. The molecular formula is C19H25N3OS. The van der Waals surface area contributed by atoms with Crippen molar-refractivity contribution in [2.24, 2.45) is 0 Å². The van der Waals surface area contributed by atoms with Crippen LogP contribution in [0.15, 0.2) is 24.3 Å². The van der Waals surface area contributed by atoms with Crippen LogP contribution in [-0.4, -0.2) is 52.9 Å². The van der Waals surface area contributed by atoms with Crippen LogP contribution in [-0.2, 0) is 11.2 Å². The summed E-state index contributed by atoms with van der Waals surface area (Å²) < 4.78 is 1.24. The van der Waals surface area contributed by atoms with Gasteiger partial charge in [0.15, 0.2) is 0 Å². The van der Waals surface area contributed by atoms with Crippen molar-refractivity contribution in [1.29, 1.82) is 0 Å². The minimum Gasteiger partial charge on any atom is -0.340 e. The first-order valence-electron chi connectivity index (χ1n) is 9.16. The van der Waals surface area contributed by atoms with Crippen molar-refractivity contribution in [2.75, 3.05) is 26.2 Å². The van der Waals surface area contributed by atoms with Crippen molar-refractivity contribution in [1.82, 2.24) is 14.8 Å². The van der Waals surface area contributed by atoms with E-state index in [4.69, 9.17) is 0 Å². The lowest BCUT2D eigenvalue weighted by Crippen LogP contribution is -2.56. The summed E-state index contributed by atoms with van der Waals surface area (Å²) in [7, 11) is 0. The van der Waals surface area contributed by atoms with Gasteiger partial charge in [0.25, 0.3) is 0 Å². The van der Waals surface area contributed by atoms with Crippen LogP contribution in [0.25, 0.3) is 10.2 Å². The number of carbonyl (C=O) groups excluding carboxylic acids is 1. The highest BCUT2D eigenvalue weighted by Crippen LogP contribution is 2.24. The molecule has 24 heavy (non-hydrogen) atoms. The molecule has 3 heterocycles. The monoisotopic (exact) mass is 343 g/mol. The molecule has 128 valence electrons. The molecule has 1 atom stereocenters. The van der Waals surface area contributed by atoms with Gasteiger partial charge >= 0.3 is 0 Å². The molecule has 2 saturated heterocycles. The second-order valence-electron chi connectivity index (χ2n) is 6.95. The van der Waals surface area contributed by atoms with Gasteiger partial charge in [0.1, 0.15) is 0 Å². The number of hydrogen-bond acceptors (Lipinski definition) is 4. The third-order valence-electron chi connectivity index (χ3n) is 5.31. The van der Waals surface area contributed by atoms with Crippen molar-refractivity contribution >= 4 is 27.5 Å². The summed E-state index contributed by atoms with van der Waals surface area (Å²) in [5.74, 6) is 0.335. The lowest BCUT2D eigenvalue weighted by molar-refractivity contribution is -0.134. The lowest BCUT2D eigenvalue weighted by atomic mass is 9.99. The van der Waals surface area contributed by atoms with Crippen molar-refractivity contribution < 1.29 is 4.79 Å². The average molecular weight is 343 g/mol. The number of carbonyl (C=O) groups is 1. The molecule has 1 amide bonds. The minimum atomic E-state index is 0.335. The van der Waals surface area contributed by atoms with E-state index in [1.807, 2.05) is 6.07 Å². The fourth-order valence-electron chi connectivity index (χ4n) is 3.96. The topological polar surface area (TPSA) is 36.4 Å². The van der Waals surface area contributed by atoms with Gasteiger partial charge in [-0.25, -0.2) is 4.98 Å². The number of para-hydroxylation sites is 1. The highest BCUT2D eigenvalue weighted by molar-refractivity contribution is 7.18. The van der Waals surface area contributed by atoms with Gasteiger partial charge in [-0.3, -0.25) is 9.69 Å². The van der Waals surface area contributed by atoms with Gasteiger partial charge in [-0.15, -0.1) is 11.3 Å². The zero-order valence-electron chi connectivity index (χ0n) is 14.1. The maximum atomic E-state index is 12.5. The van der Waals surface area contributed by atoms with Crippen LogP contribution in [0.3, 0.4) is 0 Å². The number of aromatic nitrogens is 1. The Morgan fingerprint density at radius 2 is 2.12 bits per heavy atom. The number of nitrogens with zero attached hydrogens (tertiary/aromatic N) is 3. The van der Waals surface area contributed by atoms with E-state index in [0.29, 0.717) is 18.4 Å². The molecule has 2 aromatic rings. The lowest BCUT2D eigenvalue weighted by Gasteiger charge is -2.44. The largest absolute Gasteiger partial charge is 0.340 e. The van der Waals surface area contributed by atoms with E-state index in [1.54, 1.807) is 11.3 Å². The van der Waals surface area contributed by atoms with Crippen LogP contribution >= 0.6 is 11.3 Å². The predicted octanol–water partition coefficient (Wildman–Crippen LogP) is 3.32. The van der Waals surface area contributed by atoms with Crippen LogP contribution in [0.2, 0.25) is 0 Å². The van der Waals surface area contributed by atoms with E-state index in [2.05, 4.69) is 33.0 Å². The Bertz CT molecular complexity index is 680. The molecule has 2 fully saturated rings. The Hall–Kier alpha value is -1.46. The van der Waals surface area contributed by atoms with E-state index in [1.165, 1.54) is 30.5 Å². The van der Waals surface area contributed by atoms with Crippen LogP contribution in [0.1, 0.15) is 37.1 Å². The first-order valence-corrected chi connectivity index (χ1v) is 9.97. The number of amides is 1. The molecule has 0 aliphatic carbocycles. The number of rotatable bonds is 4. The molecule has 2 aliphatic rings. The number of fused-ring (bicyclic) bond motifs is 2. The summed E-state index contributed by atoms with van der Waals surface area (Å²) in [6.07, 6.45) is 6.38. The van der Waals surface area contributed by atoms with E-state index < -0.39 is 0 Å². The third-order valence-corrected chi connectivity index (χ3v) is 6.41. The molecule has 0 unspecified atom stereocenters. The zero-order chi connectivity index (χ0) is 16.4. The predicted molar refractivity (Wildman–Crippen MR) is 98.4 cm³/mol. The van der Waals surface area contributed by atoms with Gasteiger partial charge in [0, 0.05) is 32.1 Å². The summed E-state index contributed by atoms with van der Waals surface area (Å²) in [5, 5.41) is 1.15. The molecule has 5 heteroatoms. The molecular weight excluding hydrogens is 318 g/mol. The molecule has 0 radical (unpaired) electrons. The number of thiazole rings is 1. The van der Waals surface area contributed by atoms with E-state index >= 15 is 0 Å². The highest BCUT2D eigenvalue weighted by atomic mass is 32.1. The Balaban J connectivity index is 1.27. The Morgan fingerprint density at radius 3 is 3.04 bits per heavy atom. The van der Waals surface area contributed by atoms with Crippen molar-refractivity contribution in [2.45, 2.75) is 44.6 Å². The molecule has 1 aromatic carbocycles. The molecule has 4 nitrogen and oxygen atoms in total. The summed E-state index contributed by atoms with van der Waals surface area (Å²) in [4.78, 5) is 21.9.